The lowest BCUT2D eigenvalue weighted by Crippen LogP contribution is -2.82. The fourth-order valence-corrected chi connectivity index (χ4v) is 11.0. The Bertz CT molecular complexity index is 903. The van der Waals surface area contributed by atoms with Crippen LogP contribution in [0.15, 0.2) is 0 Å². The second kappa shape index (κ2) is 7.62. The van der Waals surface area contributed by atoms with Crippen LogP contribution in [0.3, 0.4) is 0 Å². The molecule has 0 amide bonds. The molecule has 1 saturated heterocycles. The lowest BCUT2D eigenvalue weighted by atomic mass is 9.42. The van der Waals surface area contributed by atoms with Crippen molar-refractivity contribution in [3.05, 3.63) is 0 Å². The number of esters is 1. The van der Waals surface area contributed by atoms with Gasteiger partial charge in [0.2, 0.25) is 0 Å². The lowest BCUT2D eigenvalue weighted by molar-refractivity contribution is -0.318. The summed E-state index contributed by atoms with van der Waals surface area (Å²) in [6, 6.07) is -0.548. The number of likely N-dealkylation sites (tertiary alicyclic amines) is 1. The van der Waals surface area contributed by atoms with E-state index < -0.39 is 52.2 Å². The van der Waals surface area contributed by atoms with Crippen LogP contribution in [-0.2, 0) is 23.7 Å². The Morgan fingerprint density at radius 1 is 1.17 bits per heavy atom. The van der Waals surface area contributed by atoms with Crippen molar-refractivity contribution in [1.82, 2.24) is 4.90 Å². The molecule has 0 radical (unpaired) electrons. The number of carbonyl (C=O) groups excluding carboxylic acids is 1. The molecule has 0 aromatic carbocycles. The van der Waals surface area contributed by atoms with E-state index in [2.05, 4.69) is 11.8 Å². The fourth-order valence-electron chi connectivity index (χ4n) is 11.0. The molecular weight excluding hydrogens is 454 g/mol. The first kappa shape index (κ1) is 24.5. The van der Waals surface area contributed by atoms with Gasteiger partial charge in [-0.3, -0.25) is 9.69 Å². The Morgan fingerprint density at radius 3 is 2.51 bits per heavy atom. The summed E-state index contributed by atoms with van der Waals surface area (Å²) in [4.78, 5) is 14.8. The zero-order valence-corrected chi connectivity index (χ0v) is 21.5. The number of hydrogen-bond acceptors (Lipinski definition) is 9. The van der Waals surface area contributed by atoms with Gasteiger partial charge in [0.05, 0.1) is 31.0 Å². The minimum absolute atomic E-state index is 0.0616. The van der Waals surface area contributed by atoms with Gasteiger partial charge in [0.15, 0.2) is 0 Å². The quantitative estimate of drug-likeness (QED) is 0.444. The Morgan fingerprint density at radius 2 is 1.91 bits per heavy atom. The van der Waals surface area contributed by atoms with Crippen molar-refractivity contribution in [2.24, 2.45) is 34.5 Å². The van der Waals surface area contributed by atoms with Gasteiger partial charge in [0.1, 0.15) is 17.3 Å². The molecule has 6 fully saturated rings. The Kier molecular flexibility index (Phi) is 5.34. The first-order chi connectivity index (χ1) is 16.6. The van der Waals surface area contributed by atoms with Gasteiger partial charge in [-0.2, -0.15) is 0 Å². The third-order valence-electron chi connectivity index (χ3n) is 11.5. The largest absolute Gasteiger partial charge is 0.459 e. The number of fused-ring (bicyclic) bond motifs is 2. The van der Waals surface area contributed by atoms with E-state index in [1.165, 1.54) is 6.92 Å². The molecule has 5 saturated carbocycles. The standard InChI is InChI=1S/C26H41NO8/c1-6-27-11-23(12-32-3)8-7-17(29)25-15-9-14-16(33-4)10-24(30,18(15)19(14)34-5)26(31,22(25)27)21(20(23)25)35-13(2)28/h14-22,29-31H,6-12H2,1-5H3/t14-,15-,16+,17?,18-,19+,20-,21+,22+,23+,24-,25?,26+/m1/s1. The number of nitrogens with zero attached hydrogens (tertiary/aromatic N) is 1. The molecular formula is C26H41NO8. The summed E-state index contributed by atoms with van der Waals surface area (Å²) in [6.45, 7) is 5.17. The monoisotopic (exact) mass is 495 g/mol. The predicted octanol–water partition coefficient (Wildman–Crippen LogP) is 0.188. The van der Waals surface area contributed by atoms with Gasteiger partial charge in [-0.25, -0.2) is 0 Å². The maximum Gasteiger partial charge on any atom is 0.303 e. The van der Waals surface area contributed by atoms with Crippen molar-refractivity contribution in [3.63, 3.8) is 0 Å². The average Bonchev–Trinajstić information content (AvgIpc) is 3.24. The minimum atomic E-state index is -1.79. The van der Waals surface area contributed by atoms with E-state index >= 15 is 0 Å². The van der Waals surface area contributed by atoms with Gasteiger partial charge in [0.25, 0.3) is 0 Å². The summed E-state index contributed by atoms with van der Waals surface area (Å²) in [5.74, 6) is -1.27. The highest BCUT2D eigenvalue weighted by atomic mass is 16.6. The highest BCUT2D eigenvalue weighted by Gasteiger charge is 2.92. The smallest absolute Gasteiger partial charge is 0.303 e. The molecule has 6 rings (SSSR count). The van der Waals surface area contributed by atoms with Gasteiger partial charge in [-0.15, -0.1) is 0 Å². The number of piperidine rings is 1. The molecule has 0 aromatic heterocycles. The van der Waals surface area contributed by atoms with E-state index in [9.17, 15) is 20.1 Å². The van der Waals surface area contributed by atoms with Crippen LogP contribution in [0.4, 0.5) is 0 Å². The van der Waals surface area contributed by atoms with Crippen molar-refractivity contribution in [2.75, 3.05) is 41.0 Å². The number of carbonyl (C=O) groups is 1. The van der Waals surface area contributed by atoms with Crippen LogP contribution in [0.2, 0.25) is 0 Å². The van der Waals surface area contributed by atoms with Crippen LogP contribution < -0.4 is 0 Å². The van der Waals surface area contributed by atoms with Crippen LogP contribution in [-0.4, -0.2) is 109 Å². The van der Waals surface area contributed by atoms with Gasteiger partial charge < -0.3 is 34.3 Å². The van der Waals surface area contributed by atoms with Crippen molar-refractivity contribution < 1.29 is 39.1 Å². The molecule has 1 aliphatic heterocycles. The van der Waals surface area contributed by atoms with E-state index in [1.54, 1.807) is 21.3 Å². The number of rotatable bonds is 6. The summed E-state index contributed by atoms with van der Waals surface area (Å²) in [5, 5.41) is 37.8. The highest BCUT2D eigenvalue weighted by molar-refractivity contribution is 5.67. The molecule has 2 unspecified atom stereocenters. The summed E-state index contributed by atoms with van der Waals surface area (Å²) in [7, 11) is 4.98. The topological polar surface area (TPSA) is 118 Å². The van der Waals surface area contributed by atoms with Crippen molar-refractivity contribution in [3.8, 4) is 0 Å². The highest BCUT2D eigenvalue weighted by Crippen LogP contribution is 2.80. The van der Waals surface area contributed by atoms with Crippen molar-refractivity contribution in [2.45, 2.75) is 81.2 Å². The molecule has 9 nitrogen and oxygen atoms in total. The number of likely N-dealkylation sites (N-methyl/N-ethyl adjacent to an activating group) is 1. The van der Waals surface area contributed by atoms with Crippen molar-refractivity contribution >= 4 is 5.97 Å². The van der Waals surface area contributed by atoms with E-state index in [0.29, 0.717) is 32.5 Å². The molecule has 198 valence electrons. The zero-order valence-electron chi connectivity index (χ0n) is 21.5. The van der Waals surface area contributed by atoms with Gasteiger partial charge >= 0.3 is 5.97 Å². The second-order valence-electron chi connectivity index (χ2n) is 12.3. The van der Waals surface area contributed by atoms with Gasteiger partial charge in [-0.05, 0) is 31.7 Å². The molecule has 1 heterocycles. The van der Waals surface area contributed by atoms with Crippen LogP contribution in [0, 0.1) is 34.5 Å². The Labute approximate surface area is 207 Å². The van der Waals surface area contributed by atoms with Crippen molar-refractivity contribution in [1.29, 1.82) is 0 Å². The second-order valence-corrected chi connectivity index (χ2v) is 12.3. The van der Waals surface area contributed by atoms with Crippen LogP contribution in [0.25, 0.3) is 0 Å². The minimum Gasteiger partial charge on any atom is -0.459 e. The summed E-state index contributed by atoms with van der Waals surface area (Å²) in [5.41, 5.74) is -4.56. The zero-order chi connectivity index (χ0) is 25.1. The van der Waals surface area contributed by atoms with Gasteiger partial charge in [0, 0.05) is 69.8 Å². The number of hydrogen-bond donors (Lipinski definition) is 3. The Balaban J connectivity index is 1.68. The SMILES string of the molecule is CCN1C[C@]2(COC)CCC(O)C34[C@@H]5C[C@H]6[C@H](OC)[C@@H]5[C@](O)(C[C@@H]6OC)[C@](O)([C@@H](OC(C)=O)[C@@H]32)[C@@H]14. The maximum atomic E-state index is 13.0. The van der Waals surface area contributed by atoms with Crippen LogP contribution in [0.5, 0.6) is 0 Å². The molecule has 9 heteroatoms. The molecule has 1 spiro atoms. The summed E-state index contributed by atoms with van der Waals surface area (Å²) >= 11 is 0. The fraction of sp³-hybridized carbons (Fsp3) is 0.962. The number of ether oxygens (including phenoxy) is 4. The number of aliphatic hydroxyl groups excluding tert-OH is 1. The third kappa shape index (κ3) is 2.48. The van der Waals surface area contributed by atoms with Crippen LogP contribution >= 0.6 is 0 Å². The van der Waals surface area contributed by atoms with E-state index in [1.807, 2.05) is 0 Å². The average molecular weight is 496 g/mol. The normalized spacial score (nSPS) is 57.9. The maximum absolute atomic E-state index is 13.0. The molecule has 0 aromatic rings. The molecule has 6 aliphatic rings. The molecule has 7 bridgehead atoms. The third-order valence-corrected chi connectivity index (χ3v) is 11.5. The number of aliphatic hydroxyl groups is 3. The van der Waals surface area contributed by atoms with E-state index in [-0.39, 0.29) is 36.4 Å². The predicted molar refractivity (Wildman–Crippen MR) is 123 cm³/mol. The molecule has 5 aliphatic carbocycles. The molecule has 13 atom stereocenters. The lowest BCUT2D eigenvalue weighted by Gasteiger charge is -2.69. The van der Waals surface area contributed by atoms with E-state index in [0.717, 1.165) is 6.42 Å². The first-order valence-corrected chi connectivity index (χ1v) is 13.2. The number of methoxy groups -OCH3 is 3. The molecule has 35 heavy (non-hydrogen) atoms. The first-order valence-electron chi connectivity index (χ1n) is 13.2. The molecule has 3 N–H and O–H groups in total. The van der Waals surface area contributed by atoms with Gasteiger partial charge in [-0.1, -0.05) is 6.92 Å². The summed E-state index contributed by atoms with van der Waals surface area (Å²) in [6.07, 6.45) is -0.00237. The Hall–Kier alpha value is -0.810. The van der Waals surface area contributed by atoms with E-state index in [4.69, 9.17) is 18.9 Å². The van der Waals surface area contributed by atoms with Crippen LogP contribution in [0.1, 0.15) is 39.5 Å². The summed E-state index contributed by atoms with van der Waals surface area (Å²) < 4.78 is 23.8.